The number of benzene rings is 1. The largest absolute Gasteiger partial charge is 0.248 e. The lowest BCUT2D eigenvalue weighted by molar-refractivity contribution is -0.696. The zero-order valence-electron chi connectivity index (χ0n) is 19.9. The lowest BCUT2D eigenvalue weighted by Crippen LogP contribution is -2.30. The van der Waals surface area contributed by atoms with Gasteiger partial charge in [-0.15, -0.1) is 0 Å². The van der Waals surface area contributed by atoms with Crippen molar-refractivity contribution in [2.24, 2.45) is 5.92 Å². The molecule has 1 aromatic heterocycles. The molecule has 0 unspecified atom stereocenters. The Morgan fingerprint density at radius 2 is 1.17 bits per heavy atom. The Kier molecular flexibility index (Phi) is 13.3. The van der Waals surface area contributed by atoms with Crippen molar-refractivity contribution in [1.82, 2.24) is 4.57 Å². The molecule has 0 aliphatic rings. The van der Waals surface area contributed by atoms with Gasteiger partial charge in [0.1, 0.15) is 18.1 Å². The first-order valence-corrected chi connectivity index (χ1v) is 12.9. The van der Waals surface area contributed by atoms with Gasteiger partial charge >= 0.3 is 0 Å². The number of para-hydroxylation sites is 1. The third kappa shape index (κ3) is 11.6. The smallest absolute Gasteiger partial charge is 0.236 e. The third-order valence-corrected chi connectivity index (χ3v) is 6.19. The van der Waals surface area contributed by atoms with Gasteiger partial charge in [-0.25, -0.2) is 9.13 Å². The average Bonchev–Trinajstić information content (AvgIpc) is 3.23. The Bertz CT molecular complexity index is 629. The van der Waals surface area contributed by atoms with Crippen molar-refractivity contribution in [3.63, 3.8) is 0 Å². The highest BCUT2D eigenvalue weighted by Gasteiger charge is 2.05. The molecule has 0 N–H and O–H groups in total. The maximum atomic E-state index is 2.34. The molecule has 0 bridgehead atoms. The van der Waals surface area contributed by atoms with Crippen LogP contribution in [0.15, 0.2) is 49.1 Å². The Labute approximate surface area is 186 Å². The minimum absolute atomic E-state index is 0.886. The van der Waals surface area contributed by atoms with Crippen LogP contribution in [-0.2, 0) is 6.54 Å². The van der Waals surface area contributed by atoms with E-state index in [4.69, 9.17) is 0 Å². The van der Waals surface area contributed by atoms with Crippen LogP contribution in [0.3, 0.4) is 0 Å². The molecule has 2 nitrogen and oxygen atoms in total. The summed E-state index contributed by atoms with van der Waals surface area (Å²) >= 11 is 0. The van der Waals surface area contributed by atoms with E-state index in [0.717, 1.165) is 12.5 Å². The van der Waals surface area contributed by atoms with E-state index >= 15 is 0 Å². The quantitative estimate of drug-likeness (QED) is 0.172. The summed E-state index contributed by atoms with van der Waals surface area (Å²) in [7, 11) is 0. The predicted molar refractivity (Wildman–Crippen MR) is 130 cm³/mol. The van der Waals surface area contributed by atoms with Gasteiger partial charge in [0.15, 0.2) is 0 Å². The first-order valence-electron chi connectivity index (χ1n) is 12.9. The van der Waals surface area contributed by atoms with Gasteiger partial charge in [0.05, 0.1) is 6.54 Å². The molecule has 0 fully saturated rings. The van der Waals surface area contributed by atoms with E-state index in [9.17, 15) is 0 Å². The number of unbranched alkanes of at least 4 members (excludes halogenated alkanes) is 13. The van der Waals surface area contributed by atoms with Crippen LogP contribution in [0, 0.1) is 5.92 Å². The van der Waals surface area contributed by atoms with Crippen LogP contribution >= 0.6 is 0 Å². The molecule has 0 amide bonds. The van der Waals surface area contributed by atoms with Crippen molar-refractivity contribution in [2.45, 2.75) is 117 Å². The summed E-state index contributed by atoms with van der Waals surface area (Å²) < 4.78 is 4.52. The normalized spacial score (nSPS) is 11.4. The summed E-state index contributed by atoms with van der Waals surface area (Å²) in [6.07, 6.45) is 28.0. The van der Waals surface area contributed by atoms with Gasteiger partial charge in [-0.3, -0.25) is 0 Å². The molecule has 168 valence electrons. The monoisotopic (exact) mass is 411 g/mol. The van der Waals surface area contributed by atoms with Crippen molar-refractivity contribution in [2.75, 3.05) is 0 Å². The summed E-state index contributed by atoms with van der Waals surface area (Å²) in [6, 6.07) is 10.6. The van der Waals surface area contributed by atoms with Gasteiger partial charge in [-0.1, -0.05) is 116 Å². The fourth-order valence-corrected chi connectivity index (χ4v) is 4.25. The minimum atomic E-state index is 0.886. The maximum absolute atomic E-state index is 2.34. The third-order valence-electron chi connectivity index (χ3n) is 6.19. The number of hydrogen-bond acceptors (Lipinski definition) is 0. The van der Waals surface area contributed by atoms with Crippen LogP contribution in [-0.4, -0.2) is 4.57 Å². The Morgan fingerprint density at radius 3 is 1.70 bits per heavy atom. The first kappa shape index (κ1) is 24.7. The van der Waals surface area contributed by atoms with Crippen LogP contribution in [0.5, 0.6) is 0 Å². The highest BCUT2D eigenvalue weighted by Crippen LogP contribution is 2.14. The summed E-state index contributed by atoms with van der Waals surface area (Å²) in [4.78, 5) is 0. The van der Waals surface area contributed by atoms with E-state index < -0.39 is 0 Å². The molecule has 2 rings (SSSR count). The Morgan fingerprint density at radius 1 is 0.667 bits per heavy atom. The van der Waals surface area contributed by atoms with Crippen molar-refractivity contribution in [3.05, 3.63) is 49.1 Å². The van der Waals surface area contributed by atoms with Crippen molar-refractivity contribution < 1.29 is 4.57 Å². The van der Waals surface area contributed by atoms with Crippen molar-refractivity contribution in [3.8, 4) is 5.69 Å². The lowest BCUT2D eigenvalue weighted by atomic mass is 10.0. The highest BCUT2D eigenvalue weighted by molar-refractivity contribution is 5.30. The second-order valence-corrected chi connectivity index (χ2v) is 9.53. The van der Waals surface area contributed by atoms with Gasteiger partial charge in [0.2, 0.25) is 6.33 Å². The molecule has 0 aliphatic heterocycles. The van der Waals surface area contributed by atoms with Gasteiger partial charge < -0.3 is 0 Å². The maximum Gasteiger partial charge on any atom is 0.248 e. The van der Waals surface area contributed by atoms with Crippen molar-refractivity contribution >= 4 is 0 Å². The van der Waals surface area contributed by atoms with E-state index in [1.165, 1.54) is 102 Å². The second kappa shape index (κ2) is 16.2. The summed E-state index contributed by atoms with van der Waals surface area (Å²) in [6.45, 7) is 5.81. The Hall–Kier alpha value is -1.57. The van der Waals surface area contributed by atoms with E-state index in [2.05, 4.69) is 72.0 Å². The molecular weight excluding hydrogens is 364 g/mol. The summed E-state index contributed by atoms with van der Waals surface area (Å²) in [5, 5.41) is 0. The summed E-state index contributed by atoms with van der Waals surface area (Å²) in [5.74, 6) is 0.886. The van der Waals surface area contributed by atoms with E-state index in [1.54, 1.807) is 0 Å². The van der Waals surface area contributed by atoms with Crippen LogP contribution in [0.4, 0.5) is 0 Å². The second-order valence-electron chi connectivity index (χ2n) is 9.53. The topological polar surface area (TPSA) is 8.81 Å². The molecule has 2 heteroatoms. The molecule has 1 aromatic carbocycles. The number of nitrogens with zero attached hydrogens (tertiary/aromatic N) is 2. The van der Waals surface area contributed by atoms with Crippen LogP contribution in [0.1, 0.15) is 110 Å². The predicted octanol–water partition coefficient (Wildman–Crippen LogP) is 8.27. The molecule has 1 heterocycles. The molecule has 0 spiro atoms. The van der Waals surface area contributed by atoms with E-state index in [0.29, 0.717) is 0 Å². The molecule has 0 radical (unpaired) electrons. The first-order chi connectivity index (χ1) is 14.8. The molecule has 30 heavy (non-hydrogen) atoms. The fourth-order valence-electron chi connectivity index (χ4n) is 4.25. The number of aryl methyl sites for hydroxylation is 1. The highest BCUT2D eigenvalue weighted by atomic mass is 15.1. The number of hydrogen-bond donors (Lipinski definition) is 0. The van der Waals surface area contributed by atoms with E-state index in [-0.39, 0.29) is 0 Å². The SMILES string of the molecule is CC(C)CCCCCCCCCCCCCCCC[n+]1ccn(-c2ccccc2)c1. The molecular formula is C28H47N2+. The van der Waals surface area contributed by atoms with Gasteiger partial charge in [0, 0.05) is 0 Å². The number of aromatic nitrogens is 2. The zero-order valence-corrected chi connectivity index (χ0v) is 19.9. The molecule has 0 aliphatic carbocycles. The summed E-state index contributed by atoms with van der Waals surface area (Å²) in [5.41, 5.74) is 1.23. The lowest BCUT2D eigenvalue weighted by Gasteiger charge is -2.05. The van der Waals surface area contributed by atoms with Crippen LogP contribution < -0.4 is 4.57 Å². The zero-order chi connectivity index (χ0) is 21.3. The number of rotatable bonds is 18. The standard InChI is InChI=1S/C28H47N2/c1-27(2)20-16-13-11-9-7-5-3-4-6-8-10-12-14-19-23-29-24-25-30(26-29)28-21-17-15-18-22-28/h15,17-18,21-22,24-27H,3-14,16,19-20,23H2,1-2H3/q+1. The molecule has 2 aromatic rings. The van der Waals surface area contributed by atoms with Gasteiger partial charge in [0.25, 0.3) is 0 Å². The minimum Gasteiger partial charge on any atom is -0.236 e. The average molecular weight is 412 g/mol. The fraction of sp³-hybridized carbons (Fsp3) is 0.679. The molecule has 0 saturated carbocycles. The molecule has 0 saturated heterocycles. The Balaban J connectivity index is 1.34. The van der Waals surface area contributed by atoms with Gasteiger partial charge in [-0.2, -0.15) is 0 Å². The molecule has 0 atom stereocenters. The van der Waals surface area contributed by atoms with Gasteiger partial charge in [-0.05, 0) is 30.9 Å². The van der Waals surface area contributed by atoms with E-state index in [1.807, 2.05) is 0 Å². The van der Waals surface area contributed by atoms with Crippen molar-refractivity contribution in [1.29, 1.82) is 0 Å². The number of imidazole rings is 1. The van der Waals surface area contributed by atoms with Crippen LogP contribution in [0.25, 0.3) is 5.69 Å². The van der Waals surface area contributed by atoms with Crippen LogP contribution in [0.2, 0.25) is 0 Å².